The van der Waals surface area contributed by atoms with Gasteiger partial charge in [0.05, 0.1) is 3.57 Å². The zero-order valence-corrected chi connectivity index (χ0v) is 13.0. The molecule has 1 aromatic rings. The highest BCUT2D eigenvalue weighted by Crippen LogP contribution is 2.37. The summed E-state index contributed by atoms with van der Waals surface area (Å²) in [4.78, 5) is 14.6. The van der Waals surface area contributed by atoms with E-state index in [1.165, 1.54) is 19.3 Å². The van der Waals surface area contributed by atoms with Crippen LogP contribution in [-0.2, 0) is 0 Å². The minimum Gasteiger partial charge on any atom is -0.507 e. The van der Waals surface area contributed by atoms with Gasteiger partial charge >= 0.3 is 0 Å². The zero-order valence-electron chi connectivity index (χ0n) is 10.8. The third-order valence-corrected chi connectivity index (χ3v) is 5.38. The Morgan fingerprint density at radius 2 is 2.05 bits per heavy atom. The SMILES string of the molecule is O=C(c1ccc(I)c(O)c1)N1CCC2CCCCC21. The molecule has 1 saturated heterocycles. The first-order valence-electron chi connectivity index (χ1n) is 6.96. The Balaban J connectivity index is 1.81. The molecule has 1 heterocycles. The third kappa shape index (κ3) is 2.47. The number of fused-ring (bicyclic) bond motifs is 1. The largest absolute Gasteiger partial charge is 0.507 e. The predicted molar refractivity (Wildman–Crippen MR) is 82.2 cm³/mol. The molecular formula is C15H18INO2. The van der Waals surface area contributed by atoms with Gasteiger partial charge < -0.3 is 10.0 Å². The molecule has 1 aliphatic carbocycles. The highest BCUT2D eigenvalue weighted by molar-refractivity contribution is 14.1. The standard InChI is InChI=1S/C15H18INO2/c16-12-6-5-11(9-14(12)18)15(19)17-8-7-10-3-1-2-4-13(10)17/h5-6,9-10,13,18H,1-4,7-8H2. The van der Waals surface area contributed by atoms with Crippen LogP contribution in [0.3, 0.4) is 0 Å². The van der Waals surface area contributed by atoms with Crippen LogP contribution in [0.15, 0.2) is 18.2 Å². The molecule has 1 aromatic carbocycles. The summed E-state index contributed by atoms with van der Waals surface area (Å²) >= 11 is 2.07. The van der Waals surface area contributed by atoms with Crippen molar-refractivity contribution in [1.82, 2.24) is 4.90 Å². The van der Waals surface area contributed by atoms with Crippen molar-refractivity contribution >= 4 is 28.5 Å². The van der Waals surface area contributed by atoms with Gasteiger partial charge in [0.25, 0.3) is 5.91 Å². The molecule has 1 N–H and O–H groups in total. The Morgan fingerprint density at radius 3 is 2.84 bits per heavy atom. The van der Waals surface area contributed by atoms with Crippen LogP contribution in [0.2, 0.25) is 0 Å². The molecule has 1 saturated carbocycles. The van der Waals surface area contributed by atoms with Gasteiger partial charge in [-0.25, -0.2) is 0 Å². The van der Waals surface area contributed by atoms with E-state index in [4.69, 9.17) is 0 Å². The summed E-state index contributed by atoms with van der Waals surface area (Å²) in [5.41, 5.74) is 0.615. The molecule has 3 rings (SSSR count). The maximum Gasteiger partial charge on any atom is 0.254 e. The lowest BCUT2D eigenvalue weighted by Gasteiger charge is -2.31. The molecule has 19 heavy (non-hydrogen) atoms. The molecule has 102 valence electrons. The third-order valence-electron chi connectivity index (χ3n) is 4.46. The van der Waals surface area contributed by atoms with Crippen LogP contribution in [-0.4, -0.2) is 28.5 Å². The minimum atomic E-state index is 0.0844. The van der Waals surface area contributed by atoms with E-state index >= 15 is 0 Å². The quantitative estimate of drug-likeness (QED) is 0.769. The number of carbonyl (C=O) groups excluding carboxylic acids is 1. The summed E-state index contributed by atoms with van der Waals surface area (Å²) in [6.45, 7) is 0.876. The number of carbonyl (C=O) groups is 1. The number of benzene rings is 1. The van der Waals surface area contributed by atoms with E-state index in [2.05, 4.69) is 22.6 Å². The maximum atomic E-state index is 12.6. The number of phenolic OH excluding ortho intramolecular Hbond substituents is 1. The Labute approximate surface area is 127 Å². The topological polar surface area (TPSA) is 40.5 Å². The monoisotopic (exact) mass is 371 g/mol. The normalized spacial score (nSPS) is 26.3. The first-order valence-corrected chi connectivity index (χ1v) is 8.04. The summed E-state index contributed by atoms with van der Waals surface area (Å²) in [6.07, 6.45) is 6.11. The lowest BCUT2D eigenvalue weighted by Crippen LogP contribution is -2.39. The second-order valence-electron chi connectivity index (χ2n) is 5.57. The summed E-state index contributed by atoms with van der Waals surface area (Å²) < 4.78 is 0.783. The van der Waals surface area contributed by atoms with Crippen LogP contribution < -0.4 is 0 Å². The van der Waals surface area contributed by atoms with Gasteiger partial charge in [0, 0.05) is 18.2 Å². The molecule has 0 bridgehead atoms. The van der Waals surface area contributed by atoms with Crippen LogP contribution in [0.1, 0.15) is 42.5 Å². The van der Waals surface area contributed by atoms with Gasteiger partial charge in [-0.1, -0.05) is 12.8 Å². The van der Waals surface area contributed by atoms with Gasteiger partial charge in [-0.15, -0.1) is 0 Å². The molecule has 1 amide bonds. The van der Waals surface area contributed by atoms with E-state index in [1.54, 1.807) is 12.1 Å². The average molecular weight is 371 g/mol. The van der Waals surface area contributed by atoms with Gasteiger partial charge in [-0.3, -0.25) is 4.79 Å². The number of aromatic hydroxyl groups is 1. The summed E-state index contributed by atoms with van der Waals surface area (Å²) in [5.74, 6) is 0.988. The molecular weight excluding hydrogens is 353 g/mol. The van der Waals surface area contributed by atoms with E-state index in [1.807, 2.05) is 11.0 Å². The van der Waals surface area contributed by atoms with Gasteiger partial charge in [0.1, 0.15) is 5.75 Å². The number of halogens is 1. The van der Waals surface area contributed by atoms with Gasteiger partial charge in [-0.05, 0) is 66.0 Å². The Bertz CT molecular complexity index is 503. The first kappa shape index (κ1) is 13.2. The van der Waals surface area contributed by atoms with Crippen molar-refractivity contribution in [2.24, 2.45) is 5.92 Å². The molecule has 1 aliphatic heterocycles. The number of phenols is 1. The first-order chi connectivity index (χ1) is 9.16. The number of amides is 1. The number of likely N-dealkylation sites (tertiary alicyclic amines) is 1. The molecule has 2 fully saturated rings. The molecule has 2 unspecified atom stereocenters. The number of hydrogen-bond donors (Lipinski definition) is 1. The van der Waals surface area contributed by atoms with E-state index in [9.17, 15) is 9.90 Å². The highest BCUT2D eigenvalue weighted by atomic mass is 127. The van der Waals surface area contributed by atoms with E-state index in [0.717, 1.165) is 23.0 Å². The van der Waals surface area contributed by atoms with Crippen molar-refractivity contribution < 1.29 is 9.90 Å². The Morgan fingerprint density at radius 1 is 1.26 bits per heavy atom. The van der Waals surface area contributed by atoms with Crippen molar-refractivity contribution in [2.45, 2.75) is 38.1 Å². The fourth-order valence-corrected chi connectivity index (χ4v) is 3.81. The minimum absolute atomic E-state index is 0.0844. The van der Waals surface area contributed by atoms with Crippen molar-refractivity contribution in [3.8, 4) is 5.75 Å². The molecule has 4 heteroatoms. The molecule has 0 spiro atoms. The van der Waals surface area contributed by atoms with Gasteiger partial charge in [-0.2, -0.15) is 0 Å². The predicted octanol–water partition coefficient (Wildman–Crippen LogP) is 3.40. The van der Waals surface area contributed by atoms with Crippen molar-refractivity contribution in [3.05, 3.63) is 27.3 Å². The lowest BCUT2D eigenvalue weighted by molar-refractivity contribution is 0.0689. The number of rotatable bonds is 1. The second-order valence-corrected chi connectivity index (χ2v) is 6.73. The van der Waals surface area contributed by atoms with Gasteiger partial charge in [0.15, 0.2) is 0 Å². The van der Waals surface area contributed by atoms with Crippen LogP contribution in [0.4, 0.5) is 0 Å². The van der Waals surface area contributed by atoms with E-state index < -0.39 is 0 Å². The fourth-order valence-electron chi connectivity index (χ4n) is 3.47. The number of nitrogens with zero attached hydrogens (tertiary/aromatic N) is 1. The molecule has 0 aromatic heterocycles. The highest BCUT2D eigenvalue weighted by Gasteiger charge is 2.38. The lowest BCUT2D eigenvalue weighted by atomic mass is 9.85. The van der Waals surface area contributed by atoms with Crippen LogP contribution >= 0.6 is 22.6 Å². The van der Waals surface area contributed by atoms with Crippen molar-refractivity contribution in [2.75, 3.05) is 6.54 Å². The smallest absolute Gasteiger partial charge is 0.254 e. The second kappa shape index (κ2) is 5.31. The molecule has 0 radical (unpaired) electrons. The Hall–Kier alpha value is -0.780. The maximum absolute atomic E-state index is 12.6. The van der Waals surface area contributed by atoms with Crippen molar-refractivity contribution in [3.63, 3.8) is 0 Å². The fraction of sp³-hybridized carbons (Fsp3) is 0.533. The average Bonchev–Trinajstić information content (AvgIpc) is 2.85. The summed E-state index contributed by atoms with van der Waals surface area (Å²) in [6, 6.07) is 5.65. The Kier molecular flexibility index (Phi) is 3.69. The van der Waals surface area contributed by atoms with Gasteiger partial charge in [0.2, 0.25) is 0 Å². The summed E-state index contributed by atoms with van der Waals surface area (Å²) in [5, 5.41) is 9.75. The van der Waals surface area contributed by atoms with Crippen molar-refractivity contribution in [1.29, 1.82) is 0 Å². The van der Waals surface area contributed by atoms with Crippen LogP contribution in [0.25, 0.3) is 0 Å². The zero-order chi connectivity index (χ0) is 13.4. The number of hydrogen-bond acceptors (Lipinski definition) is 2. The molecule has 2 aliphatic rings. The van der Waals surface area contributed by atoms with Crippen LogP contribution in [0, 0.1) is 9.49 Å². The van der Waals surface area contributed by atoms with E-state index in [0.29, 0.717) is 17.5 Å². The van der Waals surface area contributed by atoms with E-state index in [-0.39, 0.29) is 11.7 Å². The molecule has 3 nitrogen and oxygen atoms in total. The summed E-state index contributed by atoms with van der Waals surface area (Å²) in [7, 11) is 0. The van der Waals surface area contributed by atoms with Crippen LogP contribution in [0.5, 0.6) is 5.75 Å². The molecule has 2 atom stereocenters.